The lowest BCUT2D eigenvalue weighted by Crippen LogP contribution is -2.53. The predicted octanol–water partition coefficient (Wildman–Crippen LogP) is 2.14. The summed E-state index contributed by atoms with van der Waals surface area (Å²) in [6.07, 6.45) is 8.52. The second kappa shape index (κ2) is 13.7. The fraction of sp³-hybridized carbons (Fsp3) is 0.500. The fourth-order valence-electron chi connectivity index (χ4n) is 6.00. The van der Waals surface area contributed by atoms with Crippen LogP contribution in [0.3, 0.4) is 0 Å². The monoisotopic (exact) mass is 601 g/mol. The largest absolute Gasteiger partial charge is 0.387 e. The summed E-state index contributed by atoms with van der Waals surface area (Å²) in [7, 11) is 2.00. The molecule has 4 atom stereocenters. The van der Waals surface area contributed by atoms with Crippen LogP contribution in [0, 0.1) is 23.2 Å². The zero-order valence-corrected chi connectivity index (χ0v) is 25.3. The molecule has 0 spiro atoms. The van der Waals surface area contributed by atoms with E-state index in [2.05, 4.69) is 54.0 Å². The highest BCUT2D eigenvalue weighted by atomic mass is 16.3. The molecule has 4 aromatic rings. The molecule has 2 amide bonds. The Hall–Kier alpha value is -4.77. The second-order valence-electron chi connectivity index (χ2n) is 11.5. The van der Waals surface area contributed by atoms with Crippen molar-refractivity contribution in [1.29, 1.82) is 5.26 Å². The van der Waals surface area contributed by atoms with Gasteiger partial charge in [-0.2, -0.15) is 5.26 Å². The first kappa shape index (κ1) is 30.7. The van der Waals surface area contributed by atoms with Gasteiger partial charge in [-0.25, -0.2) is 19.9 Å². The number of anilines is 2. The highest BCUT2D eigenvalue weighted by molar-refractivity contribution is 5.88. The molecule has 0 aliphatic carbocycles. The third kappa shape index (κ3) is 6.57. The number of fused-ring (bicyclic) bond motifs is 2. The number of rotatable bonds is 6. The third-order valence-electron chi connectivity index (χ3n) is 8.79. The van der Waals surface area contributed by atoms with Crippen molar-refractivity contribution in [3.05, 3.63) is 37.2 Å². The molecule has 2 saturated heterocycles. The Balaban J connectivity index is 0.000000175. The average molecular weight is 602 g/mol. The molecule has 6 heterocycles. The Morgan fingerprint density at radius 3 is 2.32 bits per heavy atom. The summed E-state index contributed by atoms with van der Waals surface area (Å²) in [5.41, 5.74) is 1.60. The molecule has 0 saturated carbocycles. The van der Waals surface area contributed by atoms with Crippen LogP contribution >= 0.6 is 0 Å². The lowest BCUT2D eigenvalue weighted by atomic mass is 9.92. The van der Waals surface area contributed by atoms with Gasteiger partial charge in [-0.1, -0.05) is 13.8 Å². The molecule has 44 heavy (non-hydrogen) atoms. The molecular weight excluding hydrogens is 562 g/mol. The summed E-state index contributed by atoms with van der Waals surface area (Å²) in [4.78, 5) is 52.6. The summed E-state index contributed by atoms with van der Waals surface area (Å²) in [5, 5.41) is 23.1. The summed E-state index contributed by atoms with van der Waals surface area (Å²) in [6.45, 7) is 6.54. The number of hydrogen-bond acceptors (Lipinski definition) is 10. The van der Waals surface area contributed by atoms with Crippen molar-refractivity contribution in [2.75, 3.05) is 50.1 Å². The number of hydrogen-bond donors (Lipinski definition) is 4. The van der Waals surface area contributed by atoms with Crippen molar-refractivity contribution < 1.29 is 14.7 Å². The number of piperidine rings is 2. The maximum Gasteiger partial charge on any atom is 0.248 e. The molecule has 232 valence electrons. The number of aliphatic hydroxyl groups is 1. The van der Waals surface area contributed by atoms with E-state index in [0.29, 0.717) is 38.0 Å². The quantitative estimate of drug-likeness (QED) is 0.255. The van der Waals surface area contributed by atoms with Crippen LogP contribution in [-0.4, -0.2) is 109 Å². The average Bonchev–Trinajstić information content (AvgIpc) is 3.72. The van der Waals surface area contributed by atoms with Crippen molar-refractivity contribution >= 4 is 45.5 Å². The molecule has 4 aromatic heterocycles. The van der Waals surface area contributed by atoms with Crippen LogP contribution in [0.15, 0.2) is 37.2 Å². The Morgan fingerprint density at radius 2 is 1.61 bits per heavy atom. The third-order valence-corrected chi connectivity index (χ3v) is 8.79. The summed E-state index contributed by atoms with van der Waals surface area (Å²) in [6, 6.07) is 6.10. The Labute approximate surface area is 255 Å². The molecule has 0 aromatic carbocycles. The number of nitrogens with zero attached hydrogens (tertiary/aromatic N) is 8. The Bertz CT molecular complexity index is 1630. The first-order valence-electron chi connectivity index (χ1n) is 14.9. The van der Waals surface area contributed by atoms with Gasteiger partial charge in [0.2, 0.25) is 11.8 Å². The number of carbonyl (C=O) groups excluding carboxylic acids is 2. The molecule has 14 nitrogen and oxygen atoms in total. The highest BCUT2D eigenvalue weighted by Crippen LogP contribution is 2.29. The van der Waals surface area contributed by atoms with Gasteiger partial charge in [-0.3, -0.25) is 9.59 Å². The first-order valence-corrected chi connectivity index (χ1v) is 14.9. The summed E-state index contributed by atoms with van der Waals surface area (Å²) in [5.74, 6) is 2.20. The molecular formula is C30H39N11O3. The van der Waals surface area contributed by atoms with E-state index in [0.717, 1.165) is 46.5 Å². The van der Waals surface area contributed by atoms with Gasteiger partial charge in [0.25, 0.3) is 0 Å². The maximum atomic E-state index is 11.9. The van der Waals surface area contributed by atoms with Crippen molar-refractivity contribution in [1.82, 2.24) is 39.7 Å². The number of nitrogens with one attached hydrogen (secondary N) is 3. The van der Waals surface area contributed by atoms with Crippen LogP contribution in [-0.2, 0) is 9.59 Å². The molecule has 2 aliphatic heterocycles. The van der Waals surface area contributed by atoms with Crippen LogP contribution in [0.4, 0.5) is 11.6 Å². The lowest BCUT2D eigenvalue weighted by molar-refractivity contribution is -0.136. The van der Waals surface area contributed by atoms with E-state index in [1.54, 1.807) is 16.1 Å². The van der Waals surface area contributed by atoms with Crippen LogP contribution in [0.5, 0.6) is 0 Å². The number of H-pyrrole nitrogens is 2. The molecule has 2 fully saturated rings. The Morgan fingerprint density at radius 1 is 0.977 bits per heavy atom. The summed E-state index contributed by atoms with van der Waals surface area (Å²) < 4.78 is 0. The smallest absolute Gasteiger partial charge is 0.248 e. The van der Waals surface area contributed by atoms with Gasteiger partial charge in [0.05, 0.1) is 22.9 Å². The fourth-order valence-corrected chi connectivity index (χ4v) is 6.00. The van der Waals surface area contributed by atoms with Gasteiger partial charge in [0.1, 0.15) is 48.6 Å². The van der Waals surface area contributed by atoms with Gasteiger partial charge in [-0.05, 0) is 36.8 Å². The van der Waals surface area contributed by atoms with Crippen LogP contribution in [0.25, 0.3) is 22.1 Å². The van der Waals surface area contributed by atoms with Crippen molar-refractivity contribution in [3.63, 3.8) is 0 Å². The van der Waals surface area contributed by atoms with E-state index in [4.69, 9.17) is 10.4 Å². The van der Waals surface area contributed by atoms with Crippen LogP contribution in [0.2, 0.25) is 0 Å². The van der Waals surface area contributed by atoms with E-state index in [9.17, 15) is 9.59 Å². The van der Waals surface area contributed by atoms with Crippen LogP contribution in [0.1, 0.15) is 33.1 Å². The second-order valence-corrected chi connectivity index (χ2v) is 11.5. The first-order chi connectivity index (χ1) is 21.3. The predicted molar refractivity (Wildman–Crippen MR) is 165 cm³/mol. The lowest BCUT2D eigenvalue weighted by Gasteiger charge is -2.42. The standard InChI is InChI=1S/C15H18N6O.C15H21N5O2/c1-10-4-7-21(13(22)2-5-16)8-12(10)20-15-11-3-6-17-14(11)18-9-19-15;1-10-4-6-20(13(22)8-21)7-12(10)19(2)15-11-3-5-16-14(11)17-9-18-15/h3,6,9-10,12H,2,4,7-8H2,1H3,(H2,17,18,19,20);3,5,9-10,12,21H,4,6-8H2,1-2H3,(H,16,17,18). The van der Waals surface area contributed by atoms with E-state index in [1.165, 1.54) is 6.33 Å². The zero-order valence-electron chi connectivity index (χ0n) is 25.3. The molecule has 0 radical (unpaired) electrons. The normalized spacial score (nSPS) is 21.8. The minimum Gasteiger partial charge on any atom is -0.387 e. The number of aromatic nitrogens is 6. The highest BCUT2D eigenvalue weighted by Gasteiger charge is 2.33. The van der Waals surface area contributed by atoms with E-state index >= 15 is 0 Å². The van der Waals surface area contributed by atoms with Crippen molar-refractivity contribution in [3.8, 4) is 6.07 Å². The number of likely N-dealkylation sites (tertiary alicyclic amines) is 2. The van der Waals surface area contributed by atoms with Crippen LogP contribution < -0.4 is 10.2 Å². The molecule has 14 heteroatoms. The molecule has 6 rings (SSSR count). The van der Waals surface area contributed by atoms with Gasteiger partial charge in [-0.15, -0.1) is 0 Å². The van der Waals surface area contributed by atoms with E-state index in [1.807, 2.05) is 37.6 Å². The maximum absolute atomic E-state index is 11.9. The number of carbonyl (C=O) groups is 2. The number of nitriles is 1. The SMILES string of the molecule is CC1CCN(C(=O)CC#N)CC1Nc1ncnc2[nH]ccc12.CC1CCN(C(=O)CO)CC1N(C)c1ncnc2[nH]ccc12. The minimum absolute atomic E-state index is 0.0589. The zero-order chi connectivity index (χ0) is 31.2. The van der Waals surface area contributed by atoms with Crippen molar-refractivity contribution in [2.24, 2.45) is 11.8 Å². The Kier molecular flexibility index (Phi) is 9.54. The number of amides is 2. The van der Waals surface area contributed by atoms with Crippen molar-refractivity contribution in [2.45, 2.75) is 45.2 Å². The van der Waals surface area contributed by atoms with Gasteiger partial charge < -0.3 is 35.1 Å². The number of likely N-dealkylation sites (N-methyl/N-ethyl adjacent to an activating group) is 1. The molecule has 4 N–H and O–H groups in total. The van der Waals surface area contributed by atoms with Gasteiger partial charge >= 0.3 is 0 Å². The number of aromatic amines is 2. The van der Waals surface area contributed by atoms with Gasteiger partial charge in [0, 0.05) is 51.7 Å². The molecule has 4 unspecified atom stereocenters. The molecule has 2 aliphatic rings. The van der Waals surface area contributed by atoms with E-state index < -0.39 is 6.61 Å². The topological polar surface area (TPSA) is 183 Å². The van der Waals surface area contributed by atoms with E-state index in [-0.39, 0.29) is 30.3 Å². The molecule has 0 bridgehead atoms. The van der Waals surface area contributed by atoms with Gasteiger partial charge in [0.15, 0.2) is 0 Å². The number of aliphatic hydroxyl groups excluding tert-OH is 1. The minimum atomic E-state index is -0.430. The summed E-state index contributed by atoms with van der Waals surface area (Å²) >= 11 is 0.